The van der Waals surface area contributed by atoms with E-state index < -0.39 is 0 Å². The van der Waals surface area contributed by atoms with Crippen molar-refractivity contribution in [1.29, 1.82) is 0 Å². The van der Waals surface area contributed by atoms with Gasteiger partial charge in [0.2, 0.25) is 11.8 Å². The van der Waals surface area contributed by atoms with Gasteiger partial charge in [-0.05, 0) is 23.3 Å². The highest BCUT2D eigenvalue weighted by molar-refractivity contribution is 5.88. The zero-order valence-electron chi connectivity index (χ0n) is 12.3. The third-order valence-corrected chi connectivity index (χ3v) is 3.52. The molecular formula is C17H17N3O2. The van der Waals surface area contributed by atoms with E-state index in [4.69, 9.17) is 4.74 Å². The van der Waals surface area contributed by atoms with Crippen molar-refractivity contribution in [3.05, 3.63) is 59.9 Å². The zero-order valence-corrected chi connectivity index (χ0v) is 12.3. The van der Waals surface area contributed by atoms with Crippen molar-refractivity contribution in [1.82, 2.24) is 15.3 Å². The predicted octanol–water partition coefficient (Wildman–Crippen LogP) is 2.43. The average Bonchev–Trinajstić information content (AvgIpc) is 2.96. The molecule has 112 valence electrons. The number of fused-ring (bicyclic) bond motifs is 1. The largest absolute Gasteiger partial charge is 0.481 e. The summed E-state index contributed by atoms with van der Waals surface area (Å²) in [6, 6.07) is 11.6. The van der Waals surface area contributed by atoms with Crippen molar-refractivity contribution in [2.24, 2.45) is 0 Å². The summed E-state index contributed by atoms with van der Waals surface area (Å²) < 4.78 is 5.07. The molecule has 0 aliphatic rings. The Morgan fingerprint density at radius 2 is 2.18 bits per heavy atom. The van der Waals surface area contributed by atoms with Gasteiger partial charge in [0.05, 0.1) is 13.5 Å². The number of amides is 1. The molecule has 0 radical (unpaired) electrons. The molecular weight excluding hydrogens is 278 g/mol. The van der Waals surface area contributed by atoms with Crippen molar-refractivity contribution in [2.45, 2.75) is 13.0 Å². The van der Waals surface area contributed by atoms with Crippen LogP contribution in [0.25, 0.3) is 10.9 Å². The number of carbonyl (C=O) groups is 1. The first kappa shape index (κ1) is 14.1. The summed E-state index contributed by atoms with van der Waals surface area (Å²) >= 11 is 0. The van der Waals surface area contributed by atoms with E-state index in [-0.39, 0.29) is 5.91 Å². The summed E-state index contributed by atoms with van der Waals surface area (Å²) in [4.78, 5) is 19.3. The molecule has 22 heavy (non-hydrogen) atoms. The Morgan fingerprint density at radius 1 is 1.32 bits per heavy atom. The predicted molar refractivity (Wildman–Crippen MR) is 84.6 cm³/mol. The fourth-order valence-electron chi connectivity index (χ4n) is 2.39. The van der Waals surface area contributed by atoms with Crippen LogP contribution in [0.2, 0.25) is 0 Å². The Hall–Kier alpha value is -2.82. The normalized spacial score (nSPS) is 10.6. The summed E-state index contributed by atoms with van der Waals surface area (Å²) in [6.45, 7) is 0.458. The Morgan fingerprint density at radius 3 is 3.05 bits per heavy atom. The van der Waals surface area contributed by atoms with E-state index >= 15 is 0 Å². The maximum Gasteiger partial charge on any atom is 0.224 e. The fourth-order valence-corrected chi connectivity index (χ4v) is 2.39. The Labute approximate surface area is 128 Å². The minimum Gasteiger partial charge on any atom is -0.481 e. The number of para-hydroxylation sites is 1. The third kappa shape index (κ3) is 3.09. The van der Waals surface area contributed by atoms with Gasteiger partial charge in [-0.25, -0.2) is 4.98 Å². The van der Waals surface area contributed by atoms with Crippen LogP contribution in [0.4, 0.5) is 0 Å². The second-order valence-corrected chi connectivity index (χ2v) is 5.02. The van der Waals surface area contributed by atoms with Crippen LogP contribution in [0, 0.1) is 0 Å². The molecule has 2 heterocycles. The monoisotopic (exact) mass is 295 g/mol. The van der Waals surface area contributed by atoms with E-state index in [9.17, 15) is 4.79 Å². The molecule has 0 aliphatic carbocycles. The minimum atomic E-state index is -0.0134. The number of benzene rings is 1. The molecule has 2 N–H and O–H groups in total. The average molecular weight is 295 g/mol. The summed E-state index contributed by atoms with van der Waals surface area (Å²) in [7, 11) is 1.57. The van der Waals surface area contributed by atoms with E-state index in [1.807, 2.05) is 42.6 Å². The number of aromatic amines is 1. The smallest absolute Gasteiger partial charge is 0.224 e. The summed E-state index contributed by atoms with van der Waals surface area (Å²) in [6.07, 6.45) is 3.91. The number of carbonyl (C=O) groups excluding carboxylic acids is 1. The first-order chi connectivity index (χ1) is 10.8. The van der Waals surface area contributed by atoms with Crippen LogP contribution < -0.4 is 10.1 Å². The Balaban J connectivity index is 1.63. The van der Waals surface area contributed by atoms with Gasteiger partial charge in [-0.1, -0.05) is 18.2 Å². The highest BCUT2D eigenvalue weighted by atomic mass is 16.5. The molecule has 0 spiro atoms. The van der Waals surface area contributed by atoms with Gasteiger partial charge in [0.1, 0.15) is 0 Å². The second-order valence-electron chi connectivity index (χ2n) is 5.02. The van der Waals surface area contributed by atoms with E-state index in [1.54, 1.807) is 13.3 Å². The number of hydrogen-bond donors (Lipinski definition) is 2. The number of pyridine rings is 1. The molecule has 3 rings (SSSR count). The number of rotatable bonds is 5. The van der Waals surface area contributed by atoms with Crippen molar-refractivity contribution < 1.29 is 9.53 Å². The Kier molecular flexibility index (Phi) is 4.05. The highest BCUT2D eigenvalue weighted by Crippen LogP contribution is 2.18. The lowest BCUT2D eigenvalue weighted by Gasteiger charge is -2.06. The standard InChI is InChI=1S/C17H17N3O2/c1-22-17-8-12(6-7-18-17)10-20-16(21)9-13-11-19-15-5-3-2-4-14(13)15/h2-8,11,19H,9-10H2,1H3,(H,20,21). The maximum atomic E-state index is 12.1. The van der Waals surface area contributed by atoms with Gasteiger partial charge in [0, 0.05) is 35.9 Å². The topological polar surface area (TPSA) is 67.0 Å². The van der Waals surface area contributed by atoms with Crippen LogP contribution in [0.15, 0.2) is 48.8 Å². The zero-order chi connectivity index (χ0) is 15.4. The lowest BCUT2D eigenvalue weighted by molar-refractivity contribution is -0.120. The third-order valence-electron chi connectivity index (χ3n) is 3.52. The van der Waals surface area contributed by atoms with Gasteiger partial charge in [0.25, 0.3) is 0 Å². The molecule has 5 nitrogen and oxygen atoms in total. The molecule has 2 aromatic heterocycles. The van der Waals surface area contributed by atoms with Crippen molar-refractivity contribution >= 4 is 16.8 Å². The maximum absolute atomic E-state index is 12.1. The number of aromatic nitrogens is 2. The van der Waals surface area contributed by atoms with Crippen LogP contribution >= 0.6 is 0 Å². The van der Waals surface area contributed by atoms with Gasteiger partial charge in [-0.15, -0.1) is 0 Å². The molecule has 0 atom stereocenters. The van der Waals surface area contributed by atoms with Gasteiger partial charge >= 0.3 is 0 Å². The van der Waals surface area contributed by atoms with E-state index in [0.717, 1.165) is 22.0 Å². The summed E-state index contributed by atoms with van der Waals surface area (Å²) in [5.41, 5.74) is 3.00. The fraction of sp³-hybridized carbons (Fsp3) is 0.176. The highest BCUT2D eigenvalue weighted by Gasteiger charge is 2.08. The quantitative estimate of drug-likeness (QED) is 0.759. The molecule has 1 amide bonds. The number of nitrogens with zero attached hydrogens (tertiary/aromatic N) is 1. The van der Waals surface area contributed by atoms with Crippen molar-refractivity contribution in [2.75, 3.05) is 7.11 Å². The van der Waals surface area contributed by atoms with Crippen LogP contribution in [0.5, 0.6) is 5.88 Å². The molecule has 0 aliphatic heterocycles. The first-order valence-electron chi connectivity index (χ1n) is 7.07. The van der Waals surface area contributed by atoms with E-state index in [0.29, 0.717) is 18.8 Å². The summed E-state index contributed by atoms with van der Waals surface area (Å²) in [5, 5.41) is 4.00. The number of H-pyrrole nitrogens is 1. The molecule has 0 bridgehead atoms. The van der Waals surface area contributed by atoms with Crippen LogP contribution in [0.1, 0.15) is 11.1 Å². The van der Waals surface area contributed by atoms with Gasteiger partial charge in [0.15, 0.2) is 0 Å². The van der Waals surface area contributed by atoms with E-state index in [1.165, 1.54) is 0 Å². The van der Waals surface area contributed by atoms with Gasteiger partial charge in [-0.2, -0.15) is 0 Å². The van der Waals surface area contributed by atoms with Crippen molar-refractivity contribution in [3.8, 4) is 5.88 Å². The van der Waals surface area contributed by atoms with Crippen molar-refractivity contribution in [3.63, 3.8) is 0 Å². The lowest BCUT2D eigenvalue weighted by Crippen LogP contribution is -2.24. The summed E-state index contributed by atoms with van der Waals surface area (Å²) in [5.74, 6) is 0.531. The van der Waals surface area contributed by atoms with Crippen LogP contribution in [0.3, 0.4) is 0 Å². The molecule has 1 aromatic carbocycles. The molecule has 0 saturated heterocycles. The lowest BCUT2D eigenvalue weighted by atomic mass is 10.1. The number of nitrogens with one attached hydrogen (secondary N) is 2. The number of methoxy groups -OCH3 is 1. The SMILES string of the molecule is COc1cc(CNC(=O)Cc2c[nH]c3ccccc23)ccn1. The molecule has 5 heteroatoms. The second kappa shape index (κ2) is 6.30. The molecule has 0 fully saturated rings. The van der Waals surface area contributed by atoms with Crippen LogP contribution in [-0.4, -0.2) is 23.0 Å². The molecule has 0 unspecified atom stereocenters. The minimum absolute atomic E-state index is 0.0134. The Bertz CT molecular complexity index is 795. The van der Waals surface area contributed by atoms with Gasteiger partial charge < -0.3 is 15.0 Å². The van der Waals surface area contributed by atoms with E-state index in [2.05, 4.69) is 15.3 Å². The molecule has 0 saturated carbocycles. The first-order valence-corrected chi connectivity index (χ1v) is 7.07. The number of ether oxygens (including phenoxy) is 1. The number of hydrogen-bond acceptors (Lipinski definition) is 3. The van der Waals surface area contributed by atoms with Crippen LogP contribution in [-0.2, 0) is 17.8 Å². The van der Waals surface area contributed by atoms with Gasteiger partial charge in [-0.3, -0.25) is 4.79 Å². The molecule has 3 aromatic rings.